The third-order valence-corrected chi connectivity index (χ3v) is 4.95. The van der Waals surface area contributed by atoms with E-state index in [1.807, 2.05) is 54.2 Å². The first-order chi connectivity index (χ1) is 14.6. The summed E-state index contributed by atoms with van der Waals surface area (Å²) in [5, 5.41) is 4.00. The van der Waals surface area contributed by atoms with Crippen LogP contribution >= 0.6 is 11.6 Å². The number of nitrogens with zero attached hydrogens (tertiary/aromatic N) is 2. The van der Waals surface area contributed by atoms with Crippen molar-refractivity contribution in [1.82, 2.24) is 14.9 Å². The van der Waals surface area contributed by atoms with Crippen LogP contribution in [0.3, 0.4) is 0 Å². The van der Waals surface area contributed by atoms with Gasteiger partial charge < -0.3 is 18.8 Å². The molecule has 0 amide bonds. The fourth-order valence-corrected chi connectivity index (χ4v) is 3.54. The van der Waals surface area contributed by atoms with Crippen LogP contribution in [-0.2, 0) is 13.6 Å². The van der Waals surface area contributed by atoms with Gasteiger partial charge in [0.15, 0.2) is 11.5 Å². The number of nitrogens with one attached hydrogen (secondary N) is 1. The molecule has 1 N–H and O–H groups in total. The smallest absolute Gasteiger partial charge is 0.181 e. The zero-order chi connectivity index (χ0) is 21.5. The second-order valence-electron chi connectivity index (χ2n) is 6.55. The van der Waals surface area contributed by atoms with Crippen molar-refractivity contribution < 1.29 is 14.2 Å². The number of hydrogen-bond acceptors (Lipinski definition) is 5. The predicted molar refractivity (Wildman–Crippen MR) is 117 cm³/mol. The van der Waals surface area contributed by atoms with Crippen molar-refractivity contribution in [3.63, 3.8) is 0 Å². The van der Waals surface area contributed by atoms with Crippen molar-refractivity contribution >= 4 is 11.6 Å². The number of imidazole rings is 1. The van der Waals surface area contributed by atoms with E-state index >= 15 is 0 Å². The zero-order valence-electron chi connectivity index (χ0n) is 17.2. The van der Waals surface area contributed by atoms with E-state index in [1.54, 1.807) is 20.4 Å². The van der Waals surface area contributed by atoms with Gasteiger partial charge in [0, 0.05) is 31.5 Å². The summed E-state index contributed by atoms with van der Waals surface area (Å²) in [6, 6.07) is 11.4. The third-order valence-electron chi connectivity index (χ3n) is 4.67. The molecule has 30 heavy (non-hydrogen) atoms. The van der Waals surface area contributed by atoms with E-state index < -0.39 is 0 Å². The summed E-state index contributed by atoms with van der Waals surface area (Å²) < 4.78 is 18.5. The monoisotopic (exact) mass is 425 g/mol. The van der Waals surface area contributed by atoms with Crippen LogP contribution in [0.4, 0.5) is 0 Å². The lowest BCUT2D eigenvalue weighted by Crippen LogP contribution is -2.25. The van der Waals surface area contributed by atoms with Crippen LogP contribution in [0.2, 0.25) is 5.02 Å². The molecule has 7 heteroatoms. The maximum Gasteiger partial charge on any atom is 0.181 e. The van der Waals surface area contributed by atoms with Crippen LogP contribution in [0.25, 0.3) is 0 Å². The lowest BCUT2D eigenvalue weighted by Gasteiger charge is -2.22. The Morgan fingerprint density at radius 1 is 1.20 bits per heavy atom. The van der Waals surface area contributed by atoms with Crippen molar-refractivity contribution in [3.8, 4) is 29.6 Å². The fraction of sp³-hybridized carbons (Fsp3) is 0.261. The fourth-order valence-electron chi connectivity index (χ4n) is 3.25. The van der Waals surface area contributed by atoms with Crippen LogP contribution < -0.4 is 19.5 Å². The van der Waals surface area contributed by atoms with E-state index in [9.17, 15) is 0 Å². The summed E-state index contributed by atoms with van der Waals surface area (Å²) in [7, 11) is 5.19. The second-order valence-corrected chi connectivity index (χ2v) is 6.96. The summed E-state index contributed by atoms with van der Waals surface area (Å²) in [5.74, 6) is 5.04. The number of para-hydroxylation sites is 1. The van der Waals surface area contributed by atoms with Crippen molar-refractivity contribution in [1.29, 1.82) is 0 Å². The molecule has 0 saturated heterocycles. The van der Waals surface area contributed by atoms with Crippen LogP contribution in [0.15, 0.2) is 48.8 Å². The Morgan fingerprint density at radius 2 is 1.97 bits per heavy atom. The maximum atomic E-state index is 6.42. The lowest BCUT2D eigenvalue weighted by atomic mass is 10.0. The van der Waals surface area contributed by atoms with E-state index in [4.69, 9.17) is 32.2 Å². The summed E-state index contributed by atoms with van der Waals surface area (Å²) >= 11 is 6.42. The van der Waals surface area contributed by atoms with Gasteiger partial charge in [-0.2, -0.15) is 0 Å². The summed E-state index contributed by atoms with van der Waals surface area (Å²) in [6.07, 6.45) is 8.97. The molecule has 1 aromatic heterocycles. The summed E-state index contributed by atoms with van der Waals surface area (Å²) in [5.41, 5.74) is 1.92. The maximum absolute atomic E-state index is 6.42. The first kappa shape index (κ1) is 21.6. The second kappa shape index (κ2) is 10.1. The predicted octanol–water partition coefficient (Wildman–Crippen LogP) is 3.98. The Hall–Kier alpha value is -3.14. The molecule has 1 heterocycles. The molecule has 0 aliphatic heterocycles. The highest BCUT2D eigenvalue weighted by molar-refractivity contribution is 6.32. The molecule has 0 spiro atoms. The van der Waals surface area contributed by atoms with Gasteiger partial charge >= 0.3 is 0 Å². The first-order valence-electron chi connectivity index (χ1n) is 9.35. The Balaban J connectivity index is 1.91. The van der Waals surface area contributed by atoms with E-state index in [1.165, 1.54) is 0 Å². The number of benzene rings is 2. The largest absolute Gasteiger partial charge is 0.496 e. The molecule has 156 valence electrons. The van der Waals surface area contributed by atoms with Crippen molar-refractivity contribution in [2.75, 3.05) is 20.8 Å². The molecule has 0 saturated carbocycles. The quantitative estimate of drug-likeness (QED) is 0.525. The number of hydrogen-bond donors (Lipinski definition) is 1. The van der Waals surface area contributed by atoms with Gasteiger partial charge in [-0.3, -0.25) is 5.32 Å². The van der Waals surface area contributed by atoms with Gasteiger partial charge in [-0.25, -0.2) is 4.98 Å². The molecule has 0 bridgehead atoms. The Bertz CT molecular complexity index is 1040. The highest BCUT2D eigenvalue weighted by Gasteiger charge is 2.22. The van der Waals surface area contributed by atoms with Gasteiger partial charge in [-0.1, -0.05) is 35.7 Å². The molecule has 0 aliphatic carbocycles. The molecule has 2 aromatic carbocycles. The van der Waals surface area contributed by atoms with Gasteiger partial charge in [-0.05, 0) is 23.8 Å². The minimum atomic E-state index is -0.191. The van der Waals surface area contributed by atoms with Gasteiger partial charge in [0.25, 0.3) is 0 Å². The van der Waals surface area contributed by atoms with E-state index in [2.05, 4.69) is 16.2 Å². The molecule has 0 radical (unpaired) electrons. The molecule has 3 rings (SSSR count). The highest BCUT2D eigenvalue weighted by atomic mass is 35.5. The Labute approximate surface area is 181 Å². The van der Waals surface area contributed by atoms with Crippen LogP contribution in [0.5, 0.6) is 17.2 Å². The summed E-state index contributed by atoms with van der Waals surface area (Å²) in [4.78, 5) is 4.53. The molecule has 0 fully saturated rings. The molecule has 0 aliphatic rings. The number of methoxy groups -OCH3 is 2. The topological polar surface area (TPSA) is 57.5 Å². The standard InChI is InChI=1S/C23H24ClN3O3/c1-5-12-30-22-18(24)13-16(14-20(22)29-4)15-26-21(23-25-10-11-27(23)2)17-8-6-7-9-19(17)28-3/h1,6-11,13-14,21,26H,12,15H2,2-4H3/t21-/m0/s1. The third kappa shape index (κ3) is 4.70. The minimum Gasteiger partial charge on any atom is -0.496 e. The molecular weight excluding hydrogens is 402 g/mol. The molecule has 1 atom stereocenters. The van der Waals surface area contributed by atoms with Crippen molar-refractivity contribution in [3.05, 3.63) is 70.8 Å². The molecular formula is C23H24ClN3O3. The van der Waals surface area contributed by atoms with Crippen LogP contribution in [0, 0.1) is 12.3 Å². The average molecular weight is 426 g/mol. The van der Waals surface area contributed by atoms with Gasteiger partial charge in [0.2, 0.25) is 0 Å². The van der Waals surface area contributed by atoms with Crippen molar-refractivity contribution in [2.45, 2.75) is 12.6 Å². The normalized spacial score (nSPS) is 11.6. The van der Waals surface area contributed by atoms with Gasteiger partial charge in [-0.15, -0.1) is 6.42 Å². The number of aromatic nitrogens is 2. The molecule has 0 unspecified atom stereocenters. The van der Waals surface area contributed by atoms with Crippen LogP contribution in [0.1, 0.15) is 23.0 Å². The van der Waals surface area contributed by atoms with Gasteiger partial charge in [0.1, 0.15) is 18.2 Å². The number of aryl methyl sites for hydroxylation is 1. The number of halogens is 1. The number of terminal acetylenes is 1. The van der Waals surface area contributed by atoms with E-state index in [0.717, 1.165) is 22.7 Å². The first-order valence-corrected chi connectivity index (χ1v) is 9.73. The molecule has 3 aromatic rings. The Kier molecular flexibility index (Phi) is 7.23. The summed E-state index contributed by atoms with van der Waals surface area (Å²) in [6.45, 7) is 0.629. The van der Waals surface area contributed by atoms with Crippen LogP contribution in [-0.4, -0.2) is 30.4 Å². The Morgan fingerprint density at radius 3 is 2.63 bits per heavy atom. The average Bonchev–Trinajstić information content (AvgIpc) is 3.18. The van der Waals surface area contributed by atoms with Crippen molar-refractivity contribution in [2.24, 2.45) is 7.05 Å². The highest BCUT2D eigenvalue weighted by Crippen LogP contribution is 2.37. The zero-order valence-corrected chi connectivity index (χ0v) is 17.9. The minimum absolute atomic E-state index is 0.114. The molecule has 6 nitrogen and oxygen atoms in total. The number of rotatable bonds is 9. The van der Waals surface area contributed by atoms with Gasteiger partial charge in [0.05, 0.1) is 25.3 Å². The van der Waals surface area contributed by atoms with E-state index in [-0.39, 0.29) is 12.6 Å². The lowest BCUT2D eigenvalue weighted by molar-refractivity contribution is 0.330. The SMILES string of the molecule is C#CCOc1c(Cl)cc(CN[C@@H](c2ccccc2OC)c2nccn2C)cc1OC. The number of ether oxygens (including phenoxy) is 3. The van der Waals surface area contributed by atoms with E-state index in [0.29, 0.717) is 23.1 Å².